The van der Waals surface area contributed by atoms with E-state index in [1.165, 1.54) is 6.33 Å². The maximum atomic E-state index is 8.79. The quantitative estimate of drug-likeness (QED) is 0.815. The van der Waals surface area contributed by atoms with Crippen molar-refractivity contribution in [3.05, 3.63) is 41.2 Å². The van der Waals surface area contributed by atoms with E-state index >= 15 is 0 Å². The lowest BCUT2D eigenvalue weighted by atomic mass is 10.1. The van der Waals surface area contributed by atoms with Gasteiger partial charge in [0.15, 0.2) is 0 Å². The lowest BCUT2D eigenvalue weighted by Gasteiger charge is -2.04. The van der Waals surface area contributed by atoms with Crippen LogP contribution in [0.2, 0.25) is 5.02 Å². The molecule has 16 heavy (non-hydrogen) atoms. The lowest BCUT2D eigenvalue weighted by molar-refractivity contribution is 1.18. The molecule has 0 saturated heterocycles. The van der Waals surface area contributed by atoms with Gasteiger partial charge in [0.05, 0.1) is 17.3 Å². The number of hydrogen-bond donors (Lipinski definition) is 1. The Morgan fingerprint density at radius 1 is 1.31 bits per heavy atom. The highest BCUT2D eigenvalue weighted by molar-refractivity contribution is 6.35. The second-order valence-corrected chi connectivity index (χ2v) is 3.49. The Labute approximate surface area is 97.3 Å². The van der Waals surface area contributed by atoms with Gasteiger partial charge in [-0.3, -0.25) is 0 Å². The second kappa shape index (κ2) is 4.17. The third-order valence-corrected chi connectivity index (χ3v) is 2.45. The molecule has 0 aliphatic heterocycles. The van der Waals surface area contributed by atoms with Crippen molar-refractivity contribution in [2.75, 3.05) is 5.73 Å². The van der Waals surface area contributed by atoms with Gasteiger partial charge in [-0.2, -0.15) is 5.26 Å². The molecule has 5 heteroatoms. The topological polar surface area (TPSA) is 75.6 Å². The van der Waals surface area contributed by atoms with Crippen molar-refractivity contribution in [1.29, 1.82) is 5.26 Å². The summed E-state index contributed by atoms with van der Waals surface area (Å²) in [5, 5.41) is 9.10. The summed E-state index contributed by atoms with van der Waals surface area (Å²) in [5.41, 5.74) is 7.41. The van der Waals surface area contributed by atoms with E-state index in [0.29, 0.717) is 16.3 Å². The predicted molar refractivity (Wildman–Crippen MR) is 61.6 cm³/mol. The SMILES string of the molecule is N#Cc1cccc(-c2ncnc(N)c2Cl)c1. The van der Waals surface area contributed by atoms with Gasteiger partial charge in [-0.05, 0) is 12.1 Å². The zero-order chi connectivity index (χ0) is 11.5. The van der Waals surface area contributed by atoms with Crippen LogP contribution in [-0.2, 0) is 0 Å². The van der Waals surface area contributed by atoms with Crippen LogP contribution in [0.5, 0.6) is 0 Å². The largest absolute Gasteiger partial charge is 0.382 e. The first kappa shape index (κ1) is 10.4. The monoisotopic (exact) mass is 230 g/mol. The van der Waals surface area contributed by atoms with E-state index in [-0.39, 0.29) is 5.82 Å². The van der Waals surface area contributed by atoms with Crippen LogP contribution in [0.25, 0.3) is 11.3 Å². The zero-order valence-electron chi connectivity index (χ0n) is 8.18. The van der Waals surface area contributed by atoms with E-state index in [9.17, 15) is 0 Å². The molecular weight excluding hydrogens is 224 g/mol. The van der Waals surface area contributed by atoms with E-state index in [0.717, 1.165) is 5.56 Å². The van der Waals surface area contributed by atoms with Crippen LogP contribution in [0.1, 0.15) is 5.56 Å². The molecule has 0 amide bonds. The van der Waals surface area contributed by atoms with Gasteiger partial charge >= 0.3 is 0 Å². The van der Waals surface area contributed by atoms with E-state index in [1.54, 1.807) is 18.2 Å². The molecule has 0 bridgehead atoms. The summed E-state index contributed by atoms with van der Waals surface area (Å²) in [6, 6.07) is 9.05. The summed E-state index contributed by atoms with van der Waals surface area (Å²) in [6.45, 7) is 0. The van der Waals surface area contributed by atoms with E-state index in [2.05, 4.69) is 16.0 Å². The molecule has 1 aromatic heterocycles. The Morgan fingerprint density at radius 2 is 2.12 bits per heavy atom. The van der Waals surface area contributed by atoms with Crippen molar-refractivity contribution < 1.29 is 0 Å². The number of halogens is 1. The second-order valence-electron chi connectivity index (χ2n) is 3.11. The molecule has 78 valence electrons. The van der Waals surface area contributed by atoms with Crippen molar-refractivity contribution in [2.45, 2.75) is 0 Å². The van der Waals surface area contributed by atoms with Gasteiger partial charge in [-0.25, -0.2) is 9.97 Å². The first-order valence-electron chi connectivity index (χ1n) is 4.49. The maximum absolute atomic E-state index is 8.79. The zero-order valence-corrected chi connectivity index (χ0v) is 8.94. The van der Waals surface area contributed by atoms with Crippen LogP contribution in [0.3, 0.4) is 0 Å². The fraction of sp³-hybridized carbons (Fsp3) is 0. The Bertz CT molecular complexity index is 574. The summed E-state index contributed by atoms with van der Waals surface area (Å²) in [7, 11) is 0. The molecule has 0 spiro atoms. The van der Waals surface area contributed by atoms with Crippen LogP contribution in [0, 0.1) is 11.3 Å². The molecule has 4 nitrogen and oxygen atoms in total. The Hall–Kier alpha value is -2.12. The van der Waals surface area contributed by atoms with Gasteiger partial charge in [-0.1, -0.05) is 23.7 Å². The van der Waals surface area contributed by atoms with Crippen LogP contribution in [0.15, 0.2) is 30.6 Å². The van der Waals surface area contributed by atoms with E-state index in [4.69, 9.17) is 22.6 Å². The van der Waals surface area contributed by atoms with Crippen LogP contribution >= 0.6 is 11.6 Å². The summed E-state index contributed by atoms with van der Waals surface area (Å²) in [5.74, 6) is 0.231. The molecule has 0 aliphatic carbocycles. The van der Waals surface area contributed by atoms with Gasteiger partial charge < -0.3 is 5.73 Å². The van der Waals surface area contributed by atoms with Crippen LogP contribution in [0.4, 0.5) is 5.82 Å². The summed E-state index contributed by atoms with van der Waals surface area (Å²) in [4.78, 5) is 7.83. The number of nitrogens with two attached hydrogens (primary N) is 1. The molecule has 0 fully saturated rings. The number of nitrogens with zero attached hydrogens (tertiary/aromatic N) is 3. The van der Waals surface area contributed by atoms with Gasteiger partial charge in [0, 0.05) is 5.56 Å². The molecule has 0 saturated carbocycles. The smallest absolute Gasteiger partial charge is 0.146 e. The number of anilines is 1. The number of aromatic nitrogens is 2. The molecule has 0 radical (unpaired) electrons. The van der Waals surface area contributed by atoms with Crippen molar-refractivity contribution in [3.8, 4) is 17.3 Å². The first-order valence-corrected chi connectivity index (χ1v) is 4.86. The van der Waals surface area contributed by atoms with Crippen molar-refractivity contribution >= 4 is 17.4 Å². The Morgan fingerprint density at radius 3 is 2.88 bits per heavy atom. The van der Waals surface area contributed by atoms with Crippen molar-refractivity contribution in [1.82, 2.24) is 9.97 Å². The molecule has 2 rings (SSSR count). The summed E-state index contributed by atoms with van der Waals surface area (Å²) >= 11 is 5.99. The normalized spacial score (nSPS) is 9.75. The highest BCUT2D eigenvalue weighted by atomic mass is 35.5. The first-order chi connectivity index (χ1) is 7.72. The number of hydrogen-bond acceptors (Lipinski definition) is 4. The van der Waals surface area contributed by atoms with Gasteiger partial charge in [0.1, 0.15) is 17.2 Å². The molecule has 2 aromatic rings. The van der Waals surface area contributed by atoms with Gasteiger partial charge in [0.25, 0.3) is 0 Å². The molecule has 2 N–H and O–H groups in total. The molecule has 0 atom stereocenters. The third-order valence-electron chi connectivity index (χ3n) is 2.08. The minimum Gasteiger partial charge on any atom is -0.382 e. The minimum absolute atomic E-state index is 0.231. The fourth-order valence-electron chi connectivity index (χ4n) is 1.32. The predicted octanol–water partition coefficient (Wildman–Crippen LogP) is 2.25. The number of benzene rings is 1. The molecule has 0 aliphatic rings. The van der Waals surface area contributed by atoms with Gasteiger partial charge in [-0.15, -0.1) is 0 Å². The average molecular weight is 231 g/mol. The highest BCUT2D eigenvalue weighted by Crippen LogP contribution is 2.28. The molecule has 1 aromatic carbocycles. The number of rotatable bonds is 1. The Balaban J connectivity index is 2.59. The average Bonchev–Trinajstić information content (AvgIpc) is 2.33. The third kappa shape index (κ3) is 1.81. The van der Waals surface area contributed by atoms with Gasteiger partial charge in [0.2, 0.25) is 0 Å². The highest BCUT2D eigenvalue weighted by Gasteiger charge is 2.08. The Kier molecular flexibility index (Phi) is 2.71. The van der Waals surface area contributed by atoms with Crippen molar-refractivity contribution in [2.24, 2.45) is 0 Å². The fourth-order valence-corrected chi connectivity index (χ4v) is 1.53. The molecule has 1 heterocycles. The standard InChI is InChI=1S/C11H7ClN4/c12-9-10(15-6-16-11(9)14)8-3-1-2-7(4-8)5-13/h1-4,6H,(H2,14,15,16). The number of nitriles is 1. The van der Waals surface area contributed by atoms with E-state index < -0.39 is 0 Å². The van der Waals surface area contributed by atoms with Crippen LogP contribution < -0.4 is 5.73 Å². The summed E-state index contributed by atoms with van der Waals surface area (Å²) < 4.78 is 0. The maximum Gasteiger partial charge on any atom is 0.146 e. The van der Waals surface area contributed by atoms with Crippen molar-refractivity contribution in [3.63, 3.8) is 0 Å². The van der Waals surface area contributed by atoms with Crippen LogP contribution in [-0.4, -0.2) is 9.97 Å². The van der Waals surface area contributed by atoms with E-state index in [1.807, 2.05) is 6.07 Å². The molecule has 0 unspecified atom stereocenters. The summed E-state index contributed by atoms with van der Waals surface area (Å²) in [6.07, 6.45) is 1.34. The minimum atomic E-state index is 0.231. The lowest BCUT2D eigenvalue weighted by Crippen LogP contribution is -1.95. The molecular formula is C11H7ClN4. The number of nitrogen functional groups attached to an aromatic ring is 1.